The van der Waals surface area contributed by atoms with Crippen molar-refractivity contribution in [3.63, 3.8) is 0 Å². The van der Waals surface area contributed by atoms with Crippen LogP contribution in [0.3, 0.4) is 0 Å². The summed E-state index contributed by atoms with van der Waals surface area (Å²) in [4.78, 5) is 23.3. The highest BCUT2D eigenvalue weighted by Crippen LogP contribution is 2.24. The van der Waals surface area contributed by atoms with Crippen molar-refractivity contribution in [3.05, 3.63) is 0 Å². The van der Waals surface area contributed by atoms with E-state index >= 15 is 0 Å². The molecular formula is C14H23NO3. The smallest absolute Gasteiger partial charge is 0.309 e. The van der Waals surface area contributed by atoms with E-state index in [9.17, 15) is 9.59 Å². The number of carbonyl (C=O) groups is 2. The van der Waals surface area contributed by atoms with E-state index in [-0.39, 0.29) is 23.9 Å². The van der Waals surface area contributed by atoms with Crippen LogP contribution in [0.25, 0.3) is 0 Å². The van der Waals surface area contributed by atoms with Gasteiger partial charge in [0, 0.05) is 6.42 Å². The van der Waals surface area contributed by atoms with Crippen LogP contribution in [-0.4, -0.2) is 24.5 Å². The van der Waals surface area contributed by atoms with Crippen LogP contribution in [0, 0.1) is 5.92 Å². The largest absolute Gasteiger partial charge is 0.460 e. The van der Waals surface area contributed by atoms with Crippen LogP contribution in [0.5, 0.6) is 0 Å². The predicted molar refractivity (Wildman–Crippen MR) is 67.9 cm³/mol. The molecule has 0 spiro atoms. The van der Waals surface area contributed by atoms with Crippen molar-refractivity contribution in [1.29, 1.82) is 0 Å². The van der Waals surface area contributed by atoms with Crippen LogP contribution in [0.2, 0.25) is 0 Å². The second-order valence-corrected chi connectivity index (χ2v) is 5.44. The third-order valence-electron chi connectivity index (χ3n) is 3.93. The van der Waals surface area contributed by atoms with Gasteiger partial charge in [-0.05, 0) is 25.7 Å². The maximum absolute atomic E-state index is 12.1. The van der Waals surface area contributed by atoms with Gasteiger partial charge in [-0.3, -0.25) is 9.59 Å². The van der Waals surface area contributed by atoms with E-state index in [2.05, 4.69) is 5.32 Å². The summed E-state index contributed by atoms with van der Waals surface area (Å²) in [5.41, 5.74) is 0. The molecule has 2 rings (SSSR count). The normalized spacial score (nSPS) is 26.9. The fourth-order valence-electron chi connectivity index (χ4n) is 2.78. The number of esters is 1. The molecule has 1 atom stereocenters. The number of ether oxygens (including phenoxy) is 1. The highest BCUT2D eigenvalue weighted by Gasteiger charge is 2.25. The van der Waals surface area contributed by atoms with Gasteiger partial charge in [0.2, 0.25) is 5.91 Å². The molecule has 18 heavy (non-hydrogen) atoms. The van der Waals surface area contributed by atoms with Crippen molar-refractivity contribution >= 4 is 11.9 Å². The molecule has 0 aromatic rings. The van der Waals surface area contributed by atoms with Gasteiger partial charge >= 0.3 is 5.97 Å². The average Bonchev–Trinajstić information content (AvgIpc) is 2.72. The Bertz CT molecular complexity index is 295. The van der Waals surface area contributed by atoms with Crippen molar-refractivity contribution in [2.45, 2.75) is 63.9 Å². The van der Waals surface area contributed by atoms with Gasteiger partial charge in [-0.2, -0.15) is 0 Å². The fourth-order valence-corrected chi connectivity index (χ4v) is 2.78. The summed E-state index contributed by atoms with van der Waals surface area (Å²) >= 11 is 0. The van der Waals surface area contributed by atoms with E-state index in [4.69, 9.17) is 4.74 Å². The SMILES string of the molecule is O=C1CCC[C@@H](OC(=O)C2CCCCCC2)CN1. The molecule has 0 radical (unpaired) electrons. The van der Waals surface area contributed by atoms with Gasteiger partial charge in [0.25, 0.3) is 0 Å². The first-order valence-electron chi connectivity index (χ1n) is 7.23. The molecule has 4 heteroatoms. The summed E-state index contributed by atoms with van der Waals surface area (Å²) in [6.07, 6.45) is 8.75. The van der Waals surface area contributed by atoms with Crippen LogP contribution < -0.4 is 5.32 Å². The Morgan fingerprint density at radius 2 is 1.78 bits per heavy atom. The lowest BCUT2D eigenvalue weighted by Gasteiger charge is -2.19. The third kappa shape index (κ3) is 4.00. The van der Waals surface area contributed by atoms with Crippen molar-refractivity contribution in [3.8, 4) is 0 Å². The predicted octanol–water partition coefficient (Wildman–Crippen LogP) is 2.17. The third-order valence-corrected chi connectivity index (χ3v) is 3.93. The zero-order valence-corrected chi connectivity index (χ0v) is 11.0. The highest BCUT2D eigenvalue weighted by atomic mass is 16.5. The second kappa shape index (κ2) is 6.76. The average molecular weight is 253 g/mol. The van der Waals surface area contributed by atoms with Gasteiger partial charge in [0.15, 0.2) is 0 Å². The lowest BCUT2D eigenvalue weighted by Crippen LogP contribution is -2.33. The summed E-state index contributed by atoms with van der Waals surface area (Å²) in [6.45, 7) is 0.483. The molecule has 2 aliphatic rings. The standard InChI is InChI=1S/C14H23NO3/c16-13-9-5-8-12(10-15-13)18-14(17)11-6-3-1-2-4-7-11/h11-12H,1-10H2,(H,15,16)/t12-/m1/s1. The lowest BCUT2D eigenvalue weighted by molar-refractivity contribution is -0.154. The minimum absolute atomic E-state index is 0.0435. The van der Waals surface area contributed by atoms with E-state index < -0.39 is 0 Å². The summed E-state index contributed by atoms with van der Waals surface area (Å²) in [5, 5.41) is 2.80. The van der Waals surface area contributed by atoms with E-state index in [1.165, 1.54) is 12.8 Å². The molecule has 0 aromatic carbocycles. The topological polar surface area (TPSA) is 55.4 Å². The Hall–Kier alpha value is -1.06. The van der Waals surface area contributed by atoms with Gasteiger partial charge in [0.05, 0.1) is 12.5 Å². The van der Waals surface area contributed by atoms with E-state index in [0.29, 0.717) is 13.0 Å². The van der Waals surface area contributed by atoms with Crippen LogP contribution in [0.15, 0.2) is 0 Å². The Balaban J connectivity index is 1.80. The number of hydrogen-bond acceptors (Lipinski definition) is 3. The lowest BCUT2D eigenvalue weighted by atomic mass is 10.0. The Kier molecular flexibility index (Phi) is 5.02. The first-order valence-corrected chi connectivity index (χ1v) is 7.23. The van der Waals surface area contributed by atoms with Crippen molar-refractivity contribution in [2.75, 3.05) is 6.54 Å². The zero-order chi connectivity index (χ0) is 12.8. The van der Waals surface area contributed by atoms with E-state index in [0.717, 1.165) is 38.5 Å². The molecule has 1 aliphatic carbocycles. The number of carbonyl (C=O) groups excluding carboxylic acids is 2. The van der Waals surface area contributed by atoms with Gasteiger partial charge < -0.3 is 10.1 Å². The van der Waals surface area contributed by atoms with Gasteiger partial charge in [-0.25, -0.2) is 0 Å². The van der Waals surface area contributed by atoms with Gasteiger partial charge in [-0.15, -0.1) is 0 Å². The molecule has 1 saturated carbocycles. The highest BCUT2D eigenvalue weighted by molar-refractivity contribution is 5.76. The zero-order valence-electron chi connectivity index (χ0n) is 11.0. The summed E-state index contributed by atoms with van der Waals surface area (Å²) in [5.74, 6) is 0.118. The summed E-state index contributed by atoms with van der Waals surface area (Å²) in [6, 6.07) is 0. The minimum atomic E-state index is -0.118. The molecule has 0 aromatic heterocycles. The number of nitrogens with one attached hydrogen (secondary N) is 1. The van der Waals surface area contributed by atoms with Crippen LogP contribution in [0.4, 0.5) is 0 Å². The Labute approximate surface area is 108 Å². The minimum Gasteiger partial charge on any atom is -0.460 e. The second-order valence-electron chi connectivity index (χ2n) is 5.44. The van der Waals surface area contributed by atoms with Crippen molar-refractivity contribution < 1.29 is 14.3 Å². The molecule has 4 nitrogen and oxygen atoms in total. The first kappa shape index (κ1) is 13.4. The Morgan fingerprint density at radius 3 is 2.50 bits per heavy atom. The molecule has 1 N–H and O–H groups in total. The maximum atomic E-state index is 12.1. The van der Waals surface area contributed by atoms with E-state index in [1.807, 2.05) is 0 Å². The molecule has 0 bridgehead atoms. The maximum Gasteiger partial charge on any atom is 0.309 e. The number of hydrogen-bond donors (Lipinski definition) is 1. The molecule has 1 aliphatic heterocycles. The van der Waals surface area contributed by atoms with Crippen molar-refractivity contribution in [1.82, 2.24) is 5.32 Å². The van der Waals surface area contributed by atoms with Gasteiger partial charge in [0.1, 0.15) is 6.10 Å². The molecule has 1 amide bonds. The molecule has 102 valence electrons. The van der Waals surface area contributed by atoms with Crippen LogP contribution in [0.1, 0.15) is 57.8 Å². The quantitative estimate of drug-likeness (QED) is 0.606. The number of amides is 1. The number of rotatable bonds is 2. The molecule has 2 fully saturated rings. The van der Waals surface area contributed by atoms with Gasteiger partial charge in [-0.1, -0.05) is 25.7 Å². The molecule has 1 heterocycles. The summed E-state index contributed by atoms with van der Waals surface area (Å²) in [7, 11) is 0. The summed E-state index contributed by atoms with van der Waals surface area (Å²) < 4.78 is 5.56. The van der Waals surface area contributed by atoms with E-state index in [1.54, 1.807) is 0 Å². The first-order chi connectivity index (χ1) is 8.75. The monoisotopic (exact) mass is 253 g/mol. The molecule has 0 unspecified atom stereocenters. The molecule has 1 saturated heterocycles. The van der Waals surface area contributed by atoms with Crippen LogP contribution >= 0.6 is 0 Å². The van der Waals surface area contributed by atoms with Crippen molar-refractivity contribution in [2.24, 2.45) is 5.92 Å². The fraction of sp³-hybridized carbons (Fsp3) is 0.857. The molecular weight excluding hydrogens is 230 g/mol. The van der Waals surface area contributed by atoms with Crippen LogP contribution in [-0.2, 0) is 14.3 Å². The Morgan fingerprint density at radius 1 is 1.06 bits per heavy atom.